The van der Waals surface area contributed by atoms with E-state index in [-0.39, 0.29) is 18.0 Å². The van der Waals surface area contributed by atoms with Gasteiger partial charge in [-0.2, -0.15) is 0 Å². The van der Waals surface area contributed by atoms with Gasteiger partial charge in [0.15, 0.2) is 0 Å². The van der Waals surface area contributed by atoms with Gasteiger partial charge in [-0.15, -0.1) is 0 Å². The Labute approximate surface area is 203 Å². The van der Waals surface area contributed by atoms with Crippen LogP contribution in [0.1, 0.15) is 48.0 Å². The van der Waals surface area contributed by atoms with Crippen molar-refractivity contribution in [2.24, 2.45) is 0 Å². The molecule has 0 spiro atoms. The molecule has 1 heterocycles. The van der Waals surface area contributed by atoms with Crippen LogP contribution in [0.4, 0.5) is 16.2 Å². The van der Waals surface area contributed by atoms with Gasteiger partial charge in [0.1, 0.15) is 0 Å². The number of piperazine rings is 1. The Morgan fingerprint density at radius 1 is 0.941 bits per heavy atom. The maximum atomic E-state index is 13.4. The third-order valence-electron chi connectivity index (χ3n) is 6.80. The molecule has 7 heteroatoms. The Balaban J connectivity index is 1.48. The molecule has 2 aliphatic rings. The molecule has 7 nitrogen and oxygen atoms in total. The third kappa shape index (κ3) is 6.29. The van der Waals surface area contributed by atoms with Crippen molar-refractivity contribution in [1.29, 1.82) is 0 Å². The Bertz CT molecular complexity index is 964. The second-order valence-electron chi connectivity index (χ2n) is 9.61. The van der Waals surface area contributed by atoms with E-state index in [9.17, 15) is 9.59 Å². The van der Waals surface area contributed by atoms with Crippen molar-refractivity contribution in [1.82, 2.24) is 15.1 Å². The van der Waals surface area contributed by atoms with E-state index in [1.165, 1.54) is 29.7 Å². The van der Waals surface area contributed by atoms with Crippen LogP contribution in [-0.4, -0.2) is 68.1 Å². The first-order valence-corrected chi connectivity index (χ1v) is 12.4. The molecule has 0 radical (unpaired) electrons. The van der Waals surface area contributed by atoms with E-state index in [2.05, 4.69) is 44.7 Å². The summed E-state index contributed by atoms with van der Waals surface area (Å²) in [7, 11) is 3.41. The first-order chi connectivity index (χ1) is 16.5. The number of hydrogen-bond donors (Lipinski definition) is 2. The normalized spacial score (nSPS) is 17.3. The molecule has 1 aliphatic heterocycles. The molecule has 4 rings (SSSR count). The second kappa shape index (κ2) is 11.4. The van der Waals surface area contributed by atoms with Crippen molar-refractivity contribution < 1.29 is 9.59 Å². The smallest absolute Gasteiger partial charge is 0.321 e. The summed E-state index contributed by atoms with van der Waals surface area (Å²) in [6.45, 7) is 4.55. The SMILES string of the molecule is CN(C)C(=O)Nc1ccc(N2CCN(Cc3ccccc3)CC2)c(C(=O)NC2CCCCC2)c1. The molecule has 2 fully saturated rings. The summed E-state index contributed by atoms with van der Waals surface area (Å²) >= 11 is 0. The monoisotopic (exact) mass is 463 g/mol. The highest BCUT2D eigenvalue weighted by molar-refractivity contribution is 6.02. The van der Waals surface area contributed by atoms with E-state index in [0.717, 1.165) is 51.3 Å². The van der Waals surface area contributed by atoms with Crippen LogP contribution >= 0.6 is 0 Å². The van der Waals surface area contributed by atoms with Crippen LogP contribution in [0.3, 0.4) is 0 Å². The van der Waals surface area contributed by atoms with Gasteiger partial charge in [-0.25, -0.2) is 4.79 Å². The minimum absolute atomic E-state index is 0.0467. The molecule has 2 N–H and O–H groups in total. The Kier molecular flexibility index (Phi) is 8.06. The lowest BCUT2D eigenvalue weighted by Gasteiger charge is -2.37. The summed E-state index contributed by atoms with van der Waals surface area (Å²) < 4.78 is 0. The predicted molar refractivity (Wildman–Crippen MR) is 137 cm³/mol. The van der Waals surface area contributed by atoms with Crippen LogP contribution < -0.4 is 15.5 Å². The summed E-state index contributed by atoms with van der Waals surface area (Å²) in [5.74, 6) is -0.0467. The third-order valence-corrected chi connectivity index (χ3v) is 6.80. The van der Waals surface area contributed by atoms with Crippen LogP contribution in [0.15, 0.2) is 48.5 Å². The molecular weight excluding hydrogens is 426 g/mol. The first kappa shape index (κ1) is 24.1. The van der Waals surface area contributed by atoms with E-state index in [1.54, 1.807) is 14.1 Å². The highest BCUT2D eigenvalue weighted by Crippen LogP contribution is 2.27. The van der Waals surface area contributed by atoms with Gasteiger partial charge in [0, 0.05) is 64.2 Å². The number of urea groups is 1. The number of nitrogens with one attached hydrogen (secondary N) is 2. The number of carbonyl (C=O) groups is 2. The number of amides is 3. The van der Waals surface area contributed by atoms with Crippen molar-refractivity contribution in [3.05, 3.63) is 59.7 Å². The Hall–Kier alpha value is -3.06. The molecule has 182 valence electrons. The fraction of sp³-hybridized carbons (Fsp3) is 0.481. The molecule has 3 amide bonds. The number of hydrogen-bond acceptors (Lipinski definition) is 4. The second-order valence-corrected chi connectivity index (χ2v) is 9.61. The van der Waals surface area contributed by atoms with Gasteiger partial charge in [0.05, 0.1) is 5.56 Å². The minimum Gasteiger partial charge on any atom is -0.368 e. The summed E-state index contributed by atoms with van der Waals surface area (Å²) in [6, 6.07) is 16.3. The maximum Gasteiger partial charge on any atom is 0.321 e. The van der Waals surface area contributed by atoms with Gasteiger partial charge in [-0.3, -0.25) is 9.69 Å². The van der Waals surface area contributed by atoms with E-state index < -0.39 is 0 Å². The number of rotatable bonds is 6. The van der Waals surface area contributed by atoms with Gasteiger partial charge in [-0.1, -0.05) is 49.6 Å². The molecule has 2 aromatic rings. The quantitative estimate of drug-likeness (QED) is 0.675. The molecule has 0 unspecified atom stereocenters. The lowest BCUT2D eigenvalue weighted by Crippen LogP contribution is -2.46. The molecule has 0 atom stereocenters. The average Bonchev–Trinajstić information content (AvgIpc) is 2.86. The molecule has 0 bridgehead atoms. The standard InChI is InChI=1S/C27H37N5O2/c1-30(2)27(34)29-23-13-14-25(24(19-23)26(33)28-22-11-7-4-8-12-22)32-17-15-31(16-18-32)20-21-9-5-3-6-10-21/h3,5-6,9-10,13-14,19,22H,4,7-8,11-12,15-18,20H2,1-2H3,(H,28,33)(H,29,34). The fourth-order valence-electron chi connectivity index (χ4n) is 4.81. The summed E-state index contributed by atoms with van der Waals surface area (Å²) in [4.78, 5) is 31.8. The lowest BCUT2D eigenvalue weighted by molar-refractivity contribution is 0.0928. The van der Waals surface area contributed by atoms with Gasteiger partial charge in [-0.05, 0) is 36.6 Å². The van der Waals surface area contributed by atoms with E-state index in [1.807, 2.05) is 24.3 Å². The highest BCUT2D eigenvalue weighted by atomic mass is 16.2. The van der Waals surface area contributed by atoms with Crippen molar-refractivity contribution >= 4 is 23.3 Å². The van der Waals surface area contributed by atoms with Crippen molar-refractivity contribution in [2.45, 2.75) is 44.7 Å². The summed E-state index contributed by atoms with van der Waals surface area (Å²) in [5.41, 5.74) is 3.54. The van der Waals surface area contributed by atoms with Gasteiger partial charge in [0.2, 0.25) is 0 Å². The summed E-state index contributed by atoms with van der Waals surface area (Å²) in [6.07, 6.45) is 5.66. The zero-order valence-corrected chi connectivity index (χ0v) is 20.4. The zero-order valence-electron chi connectivity index (χ0n) is 20.4. The molecule has 0 aromatic heterocycles. The van der Waals surface area contributed by atoms with Crippen LogP contribution in [0, 0.1) is 0 Å². The number of nitrogens with zero attached hydrogens (tertiary/aromatic N) is 3. The Morgan fingerprint density at radius 2 is 1.65 bits per heavy atom. The lowest BCUT2D eigenvalue weighted by atomic mass is 9.95. The van der Waals surface area contributed by atoms with E-state index >= 15 is 0 Å². The summed E-state index contributed by atoms with van der Waals surface area (Å²) in [5, 5.41) is 6.15. The molecule has 1 aliphatic carbocycles. The Morgan fingerprint density at radius 3 is 2.32 bits per heavy atom. The highest BCUT2D eigenvalue weighted by Gasteiger charge is 2.24. The van der Waals surface area contributed by atoms with Crippen LogP contribution in [0.5, 0.6) is 0 Å². The van der Waals surface area contributed by atoms with E-state index in [4.69, 9.17) is 0 Å². The number of anilines is 2. The van der Waals surface area contributed by atoms with Crippen molar-refractivity contribution in [2.75, 3.05) is 50.5 Å². The number of benzene rings is 2. The molecule has 1 saturated carbocycles. The van der Waals surface area contributed by atoms with Gasteiger partial charge < -0.3 is 20.4 Å². The van der Waals surface area contributed by atoms with Crippen molar-refractivity contribution in [3.8, 4) is 0 Å². The molecular formula is C27H37N5O2. The molecule has 34 heavy (non-hydrogen) atoms. The molecule has 2 aromatic carbocycles. The first-order valence-electron chi connectivity index (χ1n) is 12.4. The van der Waals surface area contributed by atoms with E-state index in [0.29, 0.717) is 11.3 Å². The number of carbonyl (C=O) groups excluding carboxylic acids is 2. The maximum absolute atomic E-state index is 13.4. The largest absolute Gasteiger partial charge is 0.368 e. The zero-order chi connectivity index (χ0) is 23.9. The van der Waals surface area contributed by atoms with Crippen LogP contribution in [0.2, 0.25) is 0 Å². The van der Waals surface area contributed by atoms with Crippen LogP contribution in [0.25, 0.3) is 0 Å². The molecule has 1 saturated heterocycles. The van der Waals surface area contributed by atoms with Gasteiger partial charge in [0.25, 0.3) is 5.91 Å². The van der Waals surface area contributed by atoms with Gasteiger partial charge >= 0.3 is 6.03 Å². The minimum atomic E-state index is -0.207. The topological polar surface area (TPSA) is 67.9 Å². The van der Waals surface area contributed by atoms with Crippen molar-refractivity contribution in [3.63, 3.8) is 0 Å². The average molecular weight is 464 g/mol. The predicted octanol–water partition coefficient (Wildman–Crippen LogP) is 4.16. The fourth-order valence-corrected chi connectivity index (χ4v) is 4.81. The van der Waals surface area contributed by atoms with Crippen LogP contribution in [-0.2, 0) is 6.54 Å².